The van der Waals surface area contributed by atoms with Crippen molar-refractivity contribution < 1.29 is 29.1 Å². The van der Waals surface area contributed by atoms with E-state index in [1.807, 2.05) is 0 Å². The average Bonchev–Trinajstić information content (AvgIpc) is 3.22. The lowest BCUT2D eigenvalue weighted by atomic mass is 9.97. The number of carbonyl (C=O) groups is 5. The number of aromatic amines is 1. The van der Waals surface area contributed by atoms with Gasteiger partial charge in [0.1, 0.15) is 18.1 Å². The van der Waals surface area contributed by atoms with Crippen molar-refractivity contribution in [3.8, 4) is 0 Å². The zero-order valence-corrected chi connectivity index (χ0v) is 17.4. The summed E-state index contributed by atoms with van der Waals surface area (Å²) < 4.78 is 0. The summed E-state index contributed by atoms with van der Waals surface area (Å²) >= 11 is 0. The summed E-state index contributed by atoms with van der Waals surface area (Å²) in [6, 6.07) is -3.79. The smallest absolute Gasteiger partial charge is 0.326 e. The first-order valence-corrected chi connectivity index (χ1v) is 9.67. The molecule has 9 N–H and O–H groups in total. The van der Waals surface area contributed by atoms with E-state index in [2.05, 4.69) is 25.9 Å². The van der Waals surface area contributed by atoms with Crippen LogP contribution in [0.1, 0.15) is 32.4 Å². The number of carboxylic acid groups (broad SMARTS) is 1. The van der Waals surface area contributed by atoms with Crippen molar-refractivity contribution in [2.45, 2.75) is 51.2 Å². The lowest BCUT2D eigenvalue weighted by Gasteiger charge is -2.26. The molecule has 4 unspecified atom stereocenters. The normalized spacial score (nSPS) is 14.5. The van der Waals surface area contributed by atoms with E-state index in [9.17, 15) is 29.1 Å². The van der Waals surface area contributed by atoms with E-state index in [-0.39, 0.29) is 18.9 Å². The van der Waals surface area contributed by atoms with Gasteiger partial charge >= 0.3 is 5.97 Å². The second-order valence-electron chi connectivity index (χ2n) is 7.05. The third-order valence-electron chi connectivity index (χ3n) is 4.63. The van der Waals surface area contributed by atoms with Crippen molar-refractivity contribution in [3.05, 3.63) is 18.2 Å². The molecular formula is C18H29N7O6. The highest BCUT2D eigenvalue weighted by atomic mass is 16.4. The van der Waals surface area contributed by atoms with Crippen LogP contribution in [0.3, 0.4) is 0 Å². The van der Waals surface area contributed by atoms with Gasteiger partial charge in [0.2, 0.25) is 23.6 Å². The van der Waals surface area contributed by atoms with Gasteiger partial charge in [0.05, 0.1) is 19.3 Å². The summed E-state index contributed by atoms with van der Waals surface area (Å²) in [6.45, 7) is 3.19. The van der Waals surface area contributed by atoms with Gasteiger partial charge in [-0.3, -0.25) is 19.2 Å². The van der Waals surface area contributed by atoms with Crippen LogP contribution in [0, 0.1) is 5.92 Å². The van der Waals surface area contributed by atoms with E-state index in [0.717, 1.165) is 0 Å². The molecule has 1 aromatic rings. The molecule has 0 saturated heterocycles. The summed E-state index contributed by atoms with van der Waals surface area (Å²) in [5, 5.41) is 16.5. The fourth-order valence-electron chi connectivity index (χ4n) is 2.69. The van der Waals surface area contributed by atoms with E-state index in [4.69, 9.17) is 11.5 Å². The van der Waals surface area contributed by atoms with E-state index < -0.39 is 54.1 Å². The molecular weight excluding hydrogens is 410 g/mol. The van der Waals surface area contributed by atoms with Crippen LogP contribution in [0.2, 0.25) is 0 Å². The predicted molar refractivity (Wildman–Crippen MR) is 108 cm³/mol. The molecule has 4 amide bonds. The minimum absolute atomic E-state index is 0.0969. The van der Waals surface area contributed by atoms with Gasteiger partial charge in [0.15, 0.2) is 0 Å². The second kappa shape index (κ2) is 12.3. The Morgan fingerprint density at radius 1 is 1.13 bits per heavy atom. The standard InChI is InChI=1S/C18H29N7O6/c1-3-9(2)15(25-14(27)6-19)17(29)23-11(5-13(20)26)16(28)24-12(18(30)31)4-10-7-21-8-22-10/h7-9,11-12,15H,3-6,19H2,1-2H3,(H2,20,26)(H,21,22)(H,23,29)(H,24,28)(H,25,27)(H,30,31). The molecule has 0 aliphatic heterocycles. The minimum atomic E-state index is -1.44. The Morgan fingerprint density at radius 3 is 2.26 bits per heavy atom. The number of aliphatic carboxylic acids is 1. The maximum atomic E-state index is 12.7. The Morgan fingerprint density at radius 2 is 1.77 bits per heavy atom. The number of primary amides is 1. The summed E-state index contributed by atoms with van der Waals surface area (Å²) in [5.41, 5.74) is 10.9. The van der Waals surface area contributed by atoms with Crippen molar-refractivity contribution in [2.24, 2.45) is 17.4 Å². The van der Waals surface area contributed by atoms with Crippen LogP contribution in [0.25, 0.3) is 0 Å². The SMILES string of the molecule is CCC(C)C(NC(=O)CN)C(=O)NC(CC(N)=O)C(=O)NC(Cc1cnc[nH]1)C(=O)O. The maximum absolute atomic E-state index is 12.7. The predicted octanol–water partition coefficient (Wildman–Crippen LogP) is -2.63. The number of hydrogen-bond acceptors (Lipinski definition) is 7. The third-order valence-corrected chi connectivity index (χ3v) is 4.63. The first kappa shape index (κ1) is 25.6. The molecule has 1 rings (SSSR count). The van der Waals surface area contributed by atoms with Crippen LogP contribution in [-0.4, -0.2) is 69.3 Å². The number of imidazole rings is 1. The number of nitrogens with zero attached hydrogens (tertiary/aromatic N) is 1. The Bertz CT molecular complexity index is 782. The molecule has 0 saturated carbocycles. The number of carbonyl (C=O) groups excluding carboxylic acids is 4. The molecule has 4 atom stereocenters. The molecule has 0 radical (unpaired) electrons. The van der Waals surface area contributed by atoms with Gasteiger partial charge in [-0.2, -0.15) is 0 Å². The summed E-state index contributed by atoms with van der Waals surface area (Å²) in [5.74, 6) is -4.71. The number of nitrogens with one attached hydrogen (secondary N) is 4. The number of nitrogens with two attached hydrogens (primary N) is 2. The number of aromatic nitrogens is 2. The van der Waals surface area contributed by atoms with Crippen molar-refractivity contribution in [1.29, 1.82) is 0 Å². The molecule has 172 valence electrons. The first-order valence-electron chi connectivity index (χ1n) is 9.67. The fraction of sp³-hybridized carbons (Fsp3) is 0.556. The fourth-order valence-corrected chi connectivity index (χ4v) is 2.69. The monoisotopic (exact) mass is 439 g/mol. The Balaban J connectivity index is 2.97. The molecule has 0 bridgehead atoms. The number of H-pyrrole nitrogens is 1. The number of rotatable bonds is 13. The van der Waals surface area contributed by atoms with Crippen LogP contribution in [0.5, 0.6) is 0 Å². The molecule has 0 aliphatic carbocycles. The van der Waals surface area contributed by atoms with Gasteiger partial charge in [0.25, 0.3) is 0 Å². The van der Waals surface area contributed by atoms with Gasteiger partial charge in [0, 0.05) is 18.3 Å². The molecule has 0 fully saturated rings. The van der Waals surface area contributed by atoms with E-state index in [0.29, 0.717) is 12.1 Å². The molecule has 0 aromatic carbocycles. The van der Waals surface area contributed by atoms with Crippen molar-refractivity contribution in [3.63, 3.8) is 0 Å². The van der Waals surface area contributed by atoms with Crippen LogP contribution >= 0.6 is 0 Å². The van der Waals surface area contributed by atoms with Crippen molar-refractivity contribution in [2.75, 3.05) is 6.54 Å². The van der Waals surface area contributed by atoms with E-state index in [1.54, 1.807) is 13.8 Å². The summed E-state index contributed by atoms with van der Waals surface area (Å²) in [4.78, 5) is 66.5. The summed E-state index contributed by atoms with van der Waals surface area (Å²) in [6.07, 6.45) is 2.63. The Kier molecular flexibility index (Phi) is 10.1. The van der Waals surface area contributed by atoms with Gasteiger partial charge in [-0.25, -0.2) is 9.78 Å². The van der Waals surface area contributed by atoms with Crippen molar-refractivity contribution >= 4 is 29.6 Å². The molecule has 31 heavy (non-hydrogen) atoms. The molecule has 0 spiro atoms. The maximum Gasteiger partial charge on any atom is 0.326 e. The quantitative estimate of drug-likeness (QED) is 0.172. The molecule has 1 aromatic heterocycles. The number of hydrogen-bond donors (Lipinski definition) is 7. The average molecular weight is 439 g/mol. The lowest BCUT2D eigenvalue weighted by Crippen LogP contribution is -2.58. The van der Waals surface area contributed by atoms with Gasteiger partial charge < -0.3 is 37.5 Å². The Labute approximate surface area is 178 Å². The summed E-state index contributed by atoms with van der Waals surface area (Å²) in [7, 11) is 0. The van der Waals surface area contributed by atoms with Gasteiger partial charge in [-0.15, -0.1) is 0 Å². The topological polar surface area (TPSA) is 222 Å². The lowest BCUT2D eigenvalue weighted by molar-refractivity contribution is -0.142. The Hall–Kier alpha value is -3.48. The number of carboxylic acids is 1. The highest BCUT2D eigenvalue weighted by Gasteiger charge is 2.32. The third kappa shape index (κ3) is 8.42. The zero-order valence-electron chi connectivity index (χ0n) is 17.4. The zero-order chi connectivity index (χ0) is 23.6. The van der Waals surface area contributed by atoms with E-state index in [1.165, 1.54) is 12.5 Å². The van der Waals surface area contributed by atoms with Crippen LogP contribution in [-0.2, 0) is 30.4 Å². The first-order chi connectivity index (χ1) is 14.6. The minimum Gasteiger partial charge on any atom is -0.480 e. The molecule has 0 aliphatic rings. The molecule has 13 heteroatoms. The second-order valence-corrected chi connectivity index (χ2v) is 7.05. The van der Waals surface area contributed by atoms with E-state index >= 15 is 0 Å². The highest BCUT2D eigenvalue weighted by Crippen LogP contribution is 2.09. The molecule has 13 nitrogen and oxygen atoms in total. The molecule has 1 heterocycles. The van der Waals surface area contributed by atoms with Crippen LogP contribution in [0.15, 0.2) is 12.5 Å². The number of amides is 4. The van der Waals surface area contributed by atoms with Gasteiger partial charge in [-0.05, 0) is 5.92 Å². The largest absolute Gasteiger partial charge is 0.480 e. The van der Waals surface area contributed by atoms with Crippen molar-refractivity contribution in [1.82, 2.24) is 25.9 Å². The van der Waals surface area contributed by atoms with Crippen LogP contribution in [0.4, 0.5) is 0 Å². The van der Waals surface area contributed by atoms with Crippen LogP contribution < -0.4 is 27.4 Å². The van der Waals surface area contributed by atoms with Gasteiger partial charge in [-0.1, -0.05) is 20.3 Å². The highest BCUT2D eigenvalue weighted by molar-refractivity contribution is 5.95.